The third kappa shape index (κ3) is 2.98. The number of piperidine rings is 1. The van der Waals surface area contributed by atoms with Crippen LogP contribution in [0.1, 0.15) is 25.7 Å². The van der Waals surface area contributed by atoms with Gasteiger partial charge in [0.1, 0.15) is 10.2 Å². The summed E-state index contributed by atoms with van der Waals surface area (Å²) < 4.78 is 1.70. The first-order valence-corrected chi connectivity index (χ1v) is 9.67. The lowest BCUT2D eigenvalue weighted by atomic mass is 10.0. The zero-order valence-corrected chi connectivity index (χ0v) is 15.4. The molecule has 2 aromatic heterocycles. The molecule has 1 aliphatic carbocycles. The zero-order valence-electron chi connectivity index (χ0n) is 13.0. The van der Waals surface area contributed by atoms with Crippen LogP contribution in [0.5, 0.6) is 0 Å². The molecule has 0 radical (unpaired) electrons. The maximum atomic E-state index is 12.1. The van der Waals surface area contributed by atoms with Crippen LogP contribution in [-0.4, -0.2) is 29.0 Å². The summed E-state index contributed by atoms with van der Waals surface area (Å²) in [5.41, 5.74) is 0.815. The molecule has 0 bridgehead atoms. The van der Waals surface area contributed by atoms with E-state index in [0.717, 1.165) is 52.0 Å². The van der Waals surface area contributed by atoms with Gasteiger partial charge in [-0.05, 0) is 41.6 Å². The molecular formula is C16H16BrN5OS. The number of aromatic nitrogens is 2. The lowest BCUT2D eigenvalue weighted by Gasteiger charge is -2.28. The molecule has 0 aromatic carbocycles. The van der Waals surface area contributed by atoms with Gasteiger partial charge >= 0.3 is 0 Å². The van der Waals surface area contributed by atoms with Crippen LogP contribution in [0.15, 0.2) is 10.7 Å². The number of halogens is 1. The zero-order chi connectivity index (χ0) is 16.7. The summed E-state index contributed by atoms with van der Waals surface area (Å²) in [6, 6.07) is 2.36. The van der Waals surface area contributed by atoms with Crippen LogP contribution in [0.25, 0.3) is 10.2 Å². The Kier molecular flexibility index (Phi) is 4.14. The Hall–Kier alpha value is -1.72. The van der Waals surface area contributed by atoms with Gasteiger partial charge < -0.3 is 10.2 Å². The molecule has 1 amide bonds. The summed E-state index contributed by atoms with van der Waals surface area (Å²) in [5, 5.41) is 13.0. The van der Waals surface area contributed by atoms with Gasteiger partial charge in [0.25, 0.3) is 0 Å². The number of hydrogen-bond acceptors (Lipinski definition) is 6. The molecule has 0 spiro atoms. The molecule has 1 saturated carbocycles. The first-order valence-electron chi connectivity index (χ1n) is 8.06. The summed E-state index contributed by atoms with van der Waals surface area (Å²) in [5.74, 6) is 0.823. The number of carbonyl (C=O) groups excluding carboxylic acids is 1. The Labute approximate surface area is 152 Å². The Morgan fingerprint density at radius 2 is 2.29 bits per heavy atom. The summed E-state index contributed by atoms with van der Waals surface area (Å²) in [6.07, 6.45) is 5.55. The van der Waals surface area contributed by atoms with E-state index < -0.39 is 0 Å². The van der Waals surface area contributed by atoms with E-state index in [4.69, 9.17) is 4.98 Å². The summed E-state index contributed by atoms with van der Waals surface area (Å²) >= 11 is 5.03. The molecule has 2 fully saturated rings. The number of rotatable bonds is 3. The number of anilines is 2. The fraction of sp³-hybridized carbons (Fsp3) is 0.500. The van der Waals surface area contributed by atoms with Crippen molar-refractivity contribution >= 4 is 54.3 Å². The molecule has 4 rings (SSSR count). The SMILES string of the molecule is N#C[C@@H]1CCCN(c2nc3c(Br)cnc(NC(=O)C4CC4)c3s2)C1. The third-order valence-electron chi connectivity index (χ3n) is 4.43. The van der Waals surface area contributed by atoms with Gasteiger partial charge in [-0.1, -0.05) is 11.3 Å². The van der Waals surface area contributed by atoms with E-state index in [0.29, 0.717) is 12.4 Å². The topological polar surface area (TPSA) is 81.9 Å². The van der Waals surface area contributed by atoms with Gasteiger partial charge in [-0.25, -0.2) is 9.97 Å². The third-order valence-corrected chi connectivity index (χ3v) is 6.13. The second-order valence-corrected chi connectivity index (χ2v) is 8.14. The average Bonchev–Trinajstić information content (AvgIpc) is 3.35. The first kappa shape index (κ1) is 15.8. The van der Waals surface area contributed by atoms with Crippen molar-refractivity contribution < 1.29 is 4.79 Å². The standard InChI is InChI=1S/C16H16BrN5OS/c17-11-7-19-14(21-15(23)10-3-4-10)13-12(11)20-16(24-13)22-5-1-2-9(6-18)8-22/h7,9-10H,1-5,8H2,(H,19,21,23)/t9-/m0/s1. The van der Waals surface area contributed by atoms with Crippen LogP contribution in [0, 0.1) is 23.2 Å². The van der Waals surface area contributed by atoms with Crippen molar-refractivity contribution in [3.63, 3.8) is 0 Å². The first-order chi connectivity index (χ1) is 11.7. The second kappa shape index (κ2) is 6.30. The molecule has 1 aliphatic heterocycles. The number of fused-ring (bicyclic) bond motifs is 1. The van der Waals surface area contributed by atoms with E-state index in [-0.39, 0.29) is 17.7 Å². The van der Waals surface area contributed by atoms with Gasteiger partial charge in [0.05, 0.1) is 16.5 Å². The van der Waals surface area contributed by atoms with Crippen molar-refractivity contribution in [2.45, 2.75) is 25.7 Å². The smallest absolute Gasteiger partial charge is 0.228 e. The fourth-order valence-electron chi connectivity index (χ4n) is 2.92. The van der Waals surface area contributed by atoms with Crippen LogP contribution in [0.2, 0.25) is 0 Å². The normalized spacial score (nSPS) is 20.8. The van der Waals surface area contributed by atoms with Crippen LogP contribution in [-0.2, 0) is 4.79 Å². The van der Waals surface area contributed by atoms with E-state index in [1.54, 1.807) is 6.20 Å². The van der Waals surface area contributed by atoms with Gasteiger partial charge in [0.2, 0.25) is 5.91 Å². The molecule has 2 aromatic rings. The molecule has 1 atom stereocenters. The molecule has 1 N–H and O–H groups in total. The molecule has 6 nitrogen and oxygen atoms in total. The summed E-state index contributed by atoms with van der Waals surface area (Å²) in [4.78, 5) is 23.3. The maximum Gasteiger partial charge on any atom is 0.228 e. The highest BCUT2D eigenvalue weighted by Gasteiger charge is 2.31. The highest BCUT2D eigenvalue weighted by molar-refractivity contribution is 9.10. The van der Waals surface area contributed by atoms with Crippen LogP contribution in [0.3, 0.4) is 0 Å². The fourth-order valence-corrected chi connectivity index (χ4v) is 4.50. The number of thiazole rings is 1. The monoisotopic (exact) mass is 405 g/mol. The quantitative estimate of drug-likeness (QED) is 0.843. The van der Waals surface area contributed by atoms with Crippen molar-refractivity contribution in [3.8, 4) is 6.07 Å². The van der Waals surface area contributed by atoms with E-state index in [9.17, 15) is 10.1 Å². The Balaban J connectivity index is 1.67. The minimum atomic E-state index is 0.0450. The predicted octanol–water partition coefficient (Wildman–Crippen LogP) is 3.54. The number of nitrogens with one attached hydrogen (secondary N) is 1. The van der Waals surface area contributed by atoms with Gasteiger partial charge in [0, 0.05) is 25.2 Å². The van der Waals surface area contributed by atoms with Crippen molar-refractivity contribution in [3.05, 3.63) is 10.7 Å². The highest BCUT2D eigenvalue weighted by Crippen LogP contribution is 2.38. The predicted molar refractivity (Wildman–Crippen MR) is 97.0 cm³/mol. The molecule has 24 heavy (non-hydrogen) atoms. The summed E-state index contributed by atoms with van der Waals surface area (Å²) in [6.45, 7) is 1.62. The lowest BCUT2D eigenvalue weighted by molar-refractivity contribution is -0.117. The van der Waals surface area contributed by atoms with Crippen LogP contribution in [0.4, 0.5) is 10.9 Å². The van der Waals surface area contributed by atoms with Crippen LogP contribution >= 0.6 is 27.3 Å². The van der Waals surface area contributed by atoms with Crippen LogP contribution < -0.4 is 10.2 Å². The van der Waals surface area contributed by atoms with E-state index in [1.807, 2.05) is 0 Å². The molecule has 1 saturated heterocycles. The number of nitrogens with zero attached hydrogens (tertiary/aromatic N) is 4. The Morgan fingerprint density at radius 3 is 3.04 bits per heavy atom. The number of carbonyl (C=O) groups is 1. The van der Waals surface area contributed by atoms with E-state index in [2.05, 4.69) is 37.2 Å². The number of nitriles is 1. The van der Waals surface area contributed by atoms with Gasteiger partial charge in [0.15, 0.2) is 10.9 Å². The van der Waals surface area contributed by atoms with Crippen molar-refractivity contribution in [1.82, 2.24) is 9.97 Å². The van der Waals surface area contributed by atoms with Crippen molar-refractivity contribution in [2.24, 2.45) is 11.8 Å². The summed E-state index contributed by atoms with van der Waals surface area (Å²) in [7, 11) is 0. The lowest BCUT2D eigenvalue weighted by Crippen LogP contribution is -2.34. The maximum absolute atomic E-state index is 12.1. The van der Waals surface area contributed by atoms with Gasteiger partial charge in [-0.15, -0.1) is 0 Å². The average molecular weight is 406 g/mol. The van der Waals surface area contributed by atoms with E-state index >= 15 is 0 Å². The highest BCUT2D eigenvalue weighted by atomic mass is 79.9. The minimum absolute atomic E-state index is 0.0450. The number of pyridine rings is 1. The van der Waals surface area contributed by atoms with Gasteiger partial charge in [-0.3, -0.25) is 4.79 Å². The number of amides is 1. The van der Waals surface area contributed by atoms with Crippen molar-refractivity contribution in [1.29, 1.82) is 5.26 Å². The van der Waals surface area contributed by atoms with Crippen molar-refractivity contribution in [2.75, 3.05) is 23.3 Å². The molecule has 2 aliphatic rings. The number of hydrogen-bond donors (Lipinski definition) is 1. The Morgan fingerprint density at radius 1 is 1.46 bits per heavy atom. The Bertz CT molecular complexity index is 841. The largest absolute Gasteiger partial charge is 0.347 e. The molecule has 0 unspecified atom stereocenters. The van der Waals surface area contributed by atoms with Gasteiger partial charge in [-0.2, -0.15) is 5.26 Å². The molecule has 8 heteroatoms. The second-order valence-electron chi connectivity index (χ2n) is 6.31. The molecule has 124 valence electrons. The minimum Gasteiger partial charge on any atom is -0.347 e. The molecular weight excluding hydrogens is 390 g/mol. The van der Waals surface area contributed by atoms with E-state index in [1.165, 1.54) is 11.3 Å². The molecule has 3 heterocycles.